The highest BCUT2D eigenvalue weighted by molar-refractivity contribution is 7.86. The highest BCUT2D eigenvalue weighted by Gasteiger charge is 2.34. The number of nitrogens with two attached hydrogens (primary N) is 1. The Morgan fingerprint density at radius 3 is 2.26 bits per heavy atom. The number of benzene rings is 2. The van der Waals surface area contributed by atoms with Gasteiger partial charge in [0.1, 0.15) is 40.6 Å². The molecule has 350 valence electrons. The van der Waals surface area contributed by atoms with Crippen LogP contribution in [0.15, 0.2) is 76.9 Å². The SMILES string of the molecule is CC(C)[C@H]1NC(=O)C(CCCCN)NC(=O)CNC(=O)C(CC(=O)O)NC(=O)C(Cc2ccc(OCCCNC(=O)c3ccc(NN=Cc4ccccc4S(=O)(=O)O)nc3)cc2)NC1=O. The lowest BCUT2D eigenvalue weighted by molar-refractivity contribution is -0.141. The van der Waals surface area contributed by atoms with Crippen LogP contribution in [0.5, 0.6) is 5.75 Å². The molecule has 6 amide bonds. The Morgan fingerprint density at radius 1 is 0.892 bits per heavy atom. The number of hydrogen-bond acceptors (Lipinski definition) is 14. The van der Waals surface area contributed by atoms with E-state index in [2.05, 4.69) is 47.4 Å². The molecule has 23 heteroatoms. The number of carboxylic acid groups (broad SMARTS) is 1. The van der Waals surface area contributed by atoms with E-state index in [1.165, 1.54) is 42.7 Å². The molecule has 3 unspecified atom stereocenters. The zero-order valence-corrected chi connectivity index (χ0v) is 36.6. The lowest BCUT2D eigenvalue weighted by atomic mass is 9.99. The number of pyridine rings is 1. The number of anilines is 1. The van der Waals surface area contributed by atoms with E-state index in [1.807, 2.05) is 0 Å². The number of rotatable bonds is 19. The molecule has 0 radical (unpaired) electrons. The first-order chi connectivity index (χ1) is 30.9. The quantitative estimate of drug-likeness (QED) is 0.0323. The summed E-state index contributed by atoms with van der Waals surface area (Å²) in [6.07, 6.45) is 3.23. The zero-order chi connectivity index (χ0) is 47.5. The van der Waals surface area contributed by atoms with Crippen molar-refractivity contribution in [3.05, 3.63) is 83.6 Å². The second-order valence-electron chi connectivity index (χ2n) is 15.2. The minimum atomic E-state index is -4.45. The molecule has 2 heterocycles. The van der Waals surface area contributed by atoms with Crippen molar-refractivity contribution in [1.82, 2.24) is 36.9 Å². The molecule has 3 aromatic rings. The Kier molecular flexibility index (Phi) is 19.3. The van der Waals surface area contributed by atoms with Gasteiger partial charge in [-0.05, 0) is 74.0 Å². The fraction of sp³-hybridized carbons (Fsp3) is 0.405. The monoisotopic (exact) mass is 922 g/mol. The first-order valence-corrected chi connectivity index (χ1v) is 22.1. The molecule has 0 spiro atoms. The molecule has 0 aliphatic carbocycles. The van der Waals surface area contributed by atoms with Crippen molar-refractivity contribution < 1.29 is 56.4 Å². The summed E-state index contributed by atoms with van der Waals surface area (Å²) in [7, 11) is -4.45. The van der Waals surface area contributed by atoms with E-state index in [0.29, 0.717) is 37.1 Å². The maximum atomic E-state index is 13.8. The van der Waals surface area contributed by atoms with Gasteiger partial charge in [0.05, 0.1) is 31.4 Å². The smallest absolute Gasteiger partial charge is 0.305 e. The van der Waals surface area contributed by atoms with E-state index >= 15 is 0 Å². The lowest BCUT2D eigenvalue weighted by Gasteiger charge is -2.27. The number of amides is 6. The highest BCUT2D eigenvalue weighted by atomic mass is 32.2. The second kappa shape index (κ2) is 24.8. The number of carbonyl (C=O) groups is 7. The summed E-state index contributed by atoms with van der Waals surface area (Å²) in [5.41, 5.74) is 9.20. The summed E-state index contributed by atoms with van der Waals surface area (Å²) in [6, 6.07) is 10.1. The molecule has 0 saturated carbocycles. The van der Waals surface area contributed by atoms with Crippen LogP contribution in [-0.2, 0) is 45.3 Å². The minimum Gasteiger partial charge on any atom is -0.494 e. The summed E-state index contributed by atoms with van der Waals surface area (Å²) in [4.78, 5) is 94.9. The number of unbranched alkanes of at least 4 members (excludes halogenated alkanes) is 1. The first-order valence-electron chi connectivity index (χ1n) is 20.7. The second-order valence-corrected chi connectivity index (χ2v) is 16.6. The third kappa shape index (κ3) is 16.6. The van der Waals surface area contributed by atoms with Gasteiger partial charge in [0.2, 0.25) is 29.5 Å². The molecule has 1 aliphatic heterocycles. The van der Waals surface area contributed by atoms with E-state index in [1.54, 1.807) is 44.2 Å². The zero-order valence-electron chi connectivity index (χ0n) is 35.7. The molecule has 1 fully saturated rings. The molecule has 11 N–H and O–H groups in total. The average Bonchev–Trinajstić information content (AvgIpc) is 3.26. The van der Waals surface area contributed by atoms with Gasteiger partial charge in [0.15, 0.2) is 0 Å². The van der Waals surface area contributed by atoms with Crippen molar-refractivity contribution in [2.45, 2.75) is 81.4 Å². The molecule has 2 aromatic carbocycles. The normalized spacial score (nSPS) is 18.9. The number of hydrogen-bond donors (Lipinski definition) is 10. The number of aromatic nitrogens is 1. The van der Waals surface area contributed by atoms with Gasteiger partial charge in [-0.15, -0.1) is 0 Å². The van der Waals surface area contributed by atoms with Gasteiger partial charge in [-0.1, -0.05) is 44.2 Å². The Morgan fingerprint density at radius 2 is 1.60 bits per heavy atom. The molecular formula is C42H54N10O12S. The summed E-state index contributed by atoms with van der Waals surface area (Å²) >= 11 is 0. The topological polar surface area (TPSA) is 339 Å². The maximum Gasteiger partial charge on any atom is 0.305 e. The lowest BCUT2D eigenvalue weighted by Crippen LogP contribution is -2.59. The number of nitrogens with one attached hydrogen (secondary N) is 7. The number of hydrazone groups is 1. The molecule has 0 bridgehead atoms. The largest absolute Gasteiger partial charge is 0.494 e. The van der Waals surface area contributed by atoms with Crippen molar-refractivity contribution >= 4 is 63.6 Å². The van der Waals surface area contributed by atoms with Crippen LogP contribution >= 0.6 is 0 Å². The molecule has 65 heavy (non-hydrogen) atoms. The minimum absolute atomic E-state index is 0.115. The number of ether oxygens (including phenoxy) is 1. The maximum absolute atomic E-state index is 13.8. The van der Waals surface area contributed by atoms with Crippen LogP contribution in [0.2, 0.25) is 0 Å². The Bertz CT molecular complexity index is 2290. The van der Waals surface area contributed by atoms with E-state index in [4.69, 9.17) is 10.5 Å². The Labute approximate surface area is 375 Å². The molecule has 4 atom stereocenters. The average molecular weight is 923 g/mol. The summed E-state index contributed by atoms with van der Waals surface area (Å²) in [5.74, 6) is -5.51. The Hall–Kier alpha value is -6.98. The van der Waals surface area contributed by atoms with Crippen molar-refractivity contribution in [1.29, 1.82) is 0 Å². The van der Waals surface area contributed by atoms with Crippen molar-refractivity contribution in [3.63, 3.8) is 0 Å². The van der Waals surface area contributed by atoms with E-state index in [9.17, 15) is 51.6 Å². The standard InChI is InChI=1S/C42H54N10O12S/c1-25(2)37-42(60)50-31(41(59)49-32(21-36(54)55)39(57)46-24-35(53)48-30(40(58)51-37)9-5-6-17-43)20-26-11-14-29(15-12-26)64-19-7-18-44-38(56)28-13-16-34(45-22-28)52-47-23-27-8-3-4-10-33(27)65(61,62)63/h3-4,8,10-16,22-23,25,30-32,37H,5-7,9,17-21,24,43H2,1-2H3,(H,44,56)(H,45,52)(H,46,57)(H,48,53)(H,49,59)(H,50,60)(H,51,58)(H,54,55)(H,61,62,63)/t30?,31?,32?,37-/m1/s1. The highest BCUT2D eigenvalue weighted by Crippen LogP contribution is 2.16. The van der Waals surface area contributed by atoms with Gasteiger partial charge in [-0.2, -0.15) is 13.5 Å². The molecule has 1 aromatic heterocycles. The van der Waals surface area contributed by atoms with Gasteiger partial charge >= 0.3 is 5.97 Å². The van der Waals surface area contributed by atoms with Gasteiger partial charge in [0, 0.05) is 24.7 Å². The van der Waals surface area contributed by atoms with E-state index in [0.717, 1.165) is 0 Å². The molecule has 4 rings (SSSR count). The summed E-state index contributed by atoms with van der Waals surface area (Å²) in [6.45, 7) is 3.57. The van der Waals surface area contributed by atoms with Crippen molar-refractivity contribution in [2.24, 2.45) is 16.8 Å². The van der Waals surface area contributed by atoms with Crippen LogP contribution in [0.3, 0.4) is 0 Å². The number of carboxylic acids is 1. The van der Waals surface area contributed by atoms with Crippen LogP contribution in [-0.4, -0.2) is 121 Å². The predicted octanol–water partition coefficient (Wildman–Crippen LogP) is -0.156. The summed E-state index contributed by atoms with van der Waals surface area (Å²) < 4.78 is 38.3. The Balaban J connectivity index is 1.35. The van der Waals surface area contributed by atoms with Crippen molar-refractivity contribution in [3.8, 4) is 5.75 Å². The van der Waals surface area contributed by atoms with E-state index in [-0.39, 0.29) is 47.8 Å². The van der Waals surface area contributed by atoms with E-state index < -0.39 is 94.6 Å². The first kappa shape index (κ1) is 50.7. The van der Waals surface area contributed by atoms with Gasteiger partial charge < -0.3 is 47.5 Å². The van der Waals surface area contributed by atoms with Crippen LogP contribution in [0.25, 0.3) is 0 Å². The van der Waals surface area contributed by atoms with Crippen LogP contribution in [0.1, 0.15) is 67.4 Å². The van der Waals surface area contributed by atoms with Gasteiger partial charge in [-0.3, -0.25) is 43.5 Å². The fourth-order valence-corrected chi connectivity index (χ4v) is 6.99. The molecule has 22 nitrogen and oxygen atoms in total. The third-order valence-corrected chi connectivity index (χ3v) is 10.7. The third-order valence-electron chi connectivity index (χ3n) is 9.76. The number of nitrogens with zero attached hydrogens (tertiary/aromatic N) is 2. The van der Waals surface area contributed by atoms with Crippen molar-refractivity contribution in [2.75, 3.05) is 31.7 Å². The summed E-state index contributed by atoms with van der Waals surface area (Å²) in [5, 5.41) is 28.8. The molecular weight excluding hydrogens is 869 g/mol. The number of carbonyl (C=O) groups excluding carboxylic acids is 6. The van der Waals surface area contributed by atoms with Crippen LogP contribution in [0.4, 0.5) is 5.82 Å². The van der Waals surface area contributed by atoms with Gasteiger partial charge in [0.25, 0.3) is 16.0 Å². The fourth-order valence-electron chi connectivity index (χ4n) is 6.32. The number of aliphatic carboxylic acids is 1. The van der Waals surface area contributed by atoms with Crippen LogP contribution in [0, 0.1) is 5.92 Å². The predicted molar refractivity (Wildman–Crippen MR) is 235 cm³/mol. The van der Waals surface area contributed by atoms with Crippen LogP contribution < -0.4 is 47.8 Å². The van der Waals surface area contributed by atoms with Gasteiger partial charge in [-0.25, -0.2) is 4.98 Å². The molecule has 1 saturated heterocycles. The molecule has 1 aliphatic rings.